The van der Waals surface area contributed by atoms with Crippen molar-refractivity contribution in [3.63, 3.8) is 0 Å². The summed E-state index contributed by atoms with van der Waals surface area (Å²) in [4.78, 5) is 11.6. The minimum Gasteiger partial charge on any atom is -0.494 e. The lowest BCUT2D eigenvalue weighted by atomic mass is 9.91. The molecule has 0 fully saturated rings. The van der Waals surface area contributed by atoms with E-state index in [0.717, 1.165) is 22.4 Å². The van der Waals surface area contributed by atoms with Gasteiger partial charge in [0.2, 0.25) is 0 Å². The summed E-state index contributed by atoms with van der Waals surface area (Å²) in [5, 5.41) is 9.54. The molecule has 3 nitrogen and oxygen atoms in total. The quantitative estimate of drug-likeness (QED) is 0.877. The molecule has 0 aliphatic rings. The molecule has 2 aromatic rings. The fraction of sp³-hybridized carbons (Fsp3) is 0.278. The van der Waals surface area contributed by atoms with Gasteiger partial charge in [-0.15, -0.1) is 0 Å². The monoisotopic (exact) mass is 284 g/mol. The van der Waals surface area contributed by atoms with Gasteiger partial charge < -0.3 is 9.84 Å². The number of carbonyl (C=O) groups is 1. The maximum absolute atomic E-state index is 11.6. The fourth-order valence-corrected chi connectivity index (χ4v) is 2.34. The summed E-state index contributed by atoms with van der Waals surface area (Å²) in [6.45, 7) is 4.48. The lowest BCUT2D eigenvalue weighted by Crippen LogP contribution is -2.15. The van der Waals surface area contributed by atoms with Crippen molar-refractivity contribution in [3.8, 4) is 5.75 Å². The zero-order valence-corrected chi connectivity index (χ0v) is 12.4. The third-order valence-corrected chi connectivity index (χ3v) is 3.47. The predicted octanol–water partition coefficient (Wildman–Crippen LogP) is 3.80. The van der Waals surface area contributed by atoms with E-state index >= 15 is 0 Å². The van der Waals surface area contributed by atoms with Crippen molar-refractivity contribution in [1.29, 1.82) is 0 Å². The SMILES string of the molecule is CCOc1ccccc1CC(C(=O)O)c1ccc(C)cc1. The molecule has 2 aromatic carbocycles. The smallest absolute Gasteiger partial charge is 0.311 e. The third kappa shape index (κ3) is 3.85. The van der Waals surface area contributed by atoms with Crippen molar-refractivity contribution >= 4 is 5.97 Å². The van der Waals surface area contributed by atoms with Crippen LogP contribution in [0.25, 0.3) is 0 Å². The van der Waals surface area contributed by atoms with Crippen molar-refractivity contribution in [2.75, 3.05) is 6.61 Å². The second-order valence-electron chi connectivity index (χ2n) is 5.05. The molecule has 2 rings (SSSR count). The Balaban J connectivity index is 2.29. The molecule has 0 bridgehead atoms. The second-order valence-corrected chi connectivity index (χ2v) is 5.05. The summed E-state index contributed by atoms with van der Waals surface area (Å²) in [6, 6.07) is 15.3. The molecule has 0 amide bonds. The van der Waals surface area contributed by atoms with Crippen molar-refractivity contribution in [2.24, 2.45) is 0 Å². The van der Waals surface area contributed by atoms with Crippen LogP contribution in [0, 0.1) is 6.92 Å². The molecule has 3 heteroatoms. The Labute approximate surface area is 125 Å². The van der Waals surface area contributed by atoms with Gasteiger partial charge in [0.1, 0.15) is 5.75 Å². The van der Waals surface area contributed by atoms with E-state index in [-0.39, 0.29) is 0 Å². The Hall–Kier alpha value is -2.29. The average molecular weight is 284 g/mol. The van der Waals surface area contributed by atoms with Gasteiger partial charge in [-0.3, -0.25) is 4.79 Å². The van der Waals surface area contributed by atoms with Crippen LogP contribution in [0.5, 0.6) is 5.75 Å². The lowest BCUT2D eigenvalue weighted by molar-refractivity contribution is -0.138. The zero-order chi connectivity index (χ0) is 15.2. The molecule has 110 valence electrons. The predicted molar refractivity (Wildman–Crippen MR) is 82.9 cm³/mol. The molecule has 0 heterocycles. The number of carboxylic acid groups (broad SMARTS) is 1. The number of carboxylic acids is 1. The highest BCUT2D eigenvalue weighted by atomic mass is 16.5. The first-order valence-electron chi connectivity index (χ1n) is 7.12. The van der Waals surface area contributed by atoms with Gasteiger partial charge in [0.05, 0.1) is 12.5 Å². The maximum atomic E-state index is 11.6. The maximum Gasteiger partial charge on any atom is 0.311 e. The number of aliphatic carboxylic acids is 1. The molecule has 0 aromatic heterocycles. The molecule has 0 radical (unpaired) electrons. The average Bonchev–Trinajstić information content (AvgIpc) is 2.47. The van der Waals surface area contributed by atoms with E-state index < -0.39 is 11.9 Å². The van der Waals surface area contributed by atoms with E-state index in [2.05, 4.69) is 0 Å². The topological polar surface area (TPSA) is 46.5 Å². The standard InChI is InChI=1S/C18H20O3/c1-3-21-17-7-5-4-6-15(17)12-16(18(19)20)14-10-8-13(2)9-11-14/h4-11,16H,3,12H2,1-2H3,(H,19,20). The molecule has 1 atom stereocenters. The first kappa shape index (κ1) is 15.1. The van der Waals surface area contributed by atoms with Crippen LogP contribution in [-0.2, 0) is 11.2 Å². The molecule has 0 aliphatic heterocycles. The van der Waals surface area contributed by atoms with Crippen LogP contribution < -0.4 is 4.74 Å². The van der Waals surface area contributed by atoms with Gasteiger partial charge in [-0.1, -0.05) is 48.0 Å². The van der Waals surface area contributed by atoms with Gasteiger partial charge in [0, 0.05) is 0 Å². The van der Waals surface area contributed by atoms with Crippen molar-refractivity contribution < 1.29 is 14.6 Å². The summed E-state index contributed by atoms with van der Waals surface area (Å²) in [5.41, 5.74) is 2.87. The van der Waals surface area contributed by atoms with Crippen molar-refractivity contribution in [1.82, 2.24) is 0 Å². The van der Waals surface area contributed by atoms with Crippen LogP contribution >= 0.6 is 0 Å². The highest BCUT2D eigenvalue weighted by Crippen LogP contribution is 2.27. The minimum atomic E-state index is -0.815. The largest absolute Gasteiger partial charge is 0.494 e. The van der Waals surface area contributed by atoms with Gasteiger partial charge >= 0.3 is 5.97 Å². The normalized spacial score (nSPS) is 11.9. The third-order valence-electron chi connectivity index (χ3n) is 3.47. The number of benzene rings is 2. The molecule has 1 N–H and O–H groups in total. The minimum absolute atomic E-state index is 0.425. The Morgan fingerprint density at radius 1 is 1.14 bits per heavy atom. The fourth-order valence-electron chi connectivity index (χ4n) is 2.34. The second kappa shape index (κ2) is 6.93. The number of rotatable bonds is 6. The molecule has 0 saturated heterocycles. The van der Waals surface area contributed by atoms with Crippen LogP contribution in [0.1, 0.15) is 29.5 Å². The van der Waals surface area contributed by atoms with Crippen LogP contribution in [0.4, 0.5) is 0 Å². The molecular formula is C18H20O3. The van der Waals surface area contributed by atoms with Crippen molar-refractivity contribution in [3.05, 3.63) is 65.2 Å². The number of ether oxygens (including phenoxy) is 1. The molecular weight excluding hydrogens is 264 g/mol. The summed E-state index contributed by atoms with van der Waals surface area (Å²) in [7, 11) is 0. The van der Waals surface area contributed by atoms with Gasteiger partial charge in [-0.25, -0.2) is 0 Å². The Morgan fingerprint density at radius 2 is 1.81 bits per heavy atom. The summed E-state index contributed by atoms with van der Waals surface area (Å²) >= 11 is 0. The van der Waals surface area contributed by atoms with E-state index in [1.54, 1.807) is 0 Å². The molecule has 1 unspecified atom stereocenters. The van der Waals surface area contributed by atoms with E-state index in [1.807, 2.05) is 62.4 Å². The van der Waals surface area contributed by atoms with Gasteiger partial charge in [-0.05, 0) is 37.5 Å². The summed E-state index contributed by atoms with van der Waals surface area (Å²) in [5.74, 6) is -0.615. The van der Waals surface area contributed by atoms with E-state index in [1.165, 1.54) is 0 Å². The number of aryl methyl sites for hydroxylation is 1. The lowest BCUT2D eigenvalue weighted by Gasteiger charge is -2.16. The summed E-state index contributed by atoms with van der Waals surface area (Å²) < 4.78 is 5.58. The highest BCUT2D eigenvalue weighted by Gasteiger charge is 2.21. The Bertz CT molecular complexity index is 602. The Kier molecular flexibility index (Phi) is 4.99. The van der Waals surface area contributed by atoms with E-state index in [0.29, 0.717) is 13.0 Å². The van der Waals surface area contributed by atoms with E-state index in [9.17, 15) is 9.90 Å². The number of para-hydroxylation sites is 1. The molecule has 0 saturated carbocycles. The van der Waals surface area contributed by atoms with Crippen LogP contribution in [0.2, 0.25) is 0 Å². The molecule has 21 heavy (non-hydrogen) atoms. The van der Waals surface area contributed by atoms with Crippen LogP contribution in [0.3, 0.4) is 0 Å². The number of hydrogen-bond donors (Lipinski definition) is 1. The molecule has 0 aliphatic carbocycles. The highest BCUT2D eigenvalue weighted by molar-refractivity contribution is 5.76. The van der Waals surface area contributed by atoms with Crippen molar-refractivity contribution in [2.45, 2.75) is 26.2 Å². The van der Waals surface area contributed by atoms with E-state index in [4.69, 9.17) is 4.74 Å². The van der Waals surface area contributed by atoms with Gasteiger partial charge in [0.25, 0.3) is 0 Å². The first-order valence-corrected chi connectivity index (χ1v) is 7.12. The zero-order valence-electron chi connectivity index (χ0n) is 12.4. The van der Waals surface area contributed by atoms with Crippen LogP contribution in [0.15, 0.2) is 48.5 Å². The number of hydrogen-bond acceptors (Lipinski definition) is 2. The summed E-state index contributed by atoms with van der Waals surface area (Å²) in [6.07, 6.45) is 0.425. The van der Waals surface area contributed by atoms with Gasteiger partial charge in [-0.2, -0.15) is 0 Å². The first-order chi connectivity index (χ1) is 10.1. The Morgan fingerprint density at radius 3 is 2.43 bits per heavy atom. The van der Waals surface area contributed by atoms with Gasteiger partial charge in [0.15, 0.2) is 0 Å². The molecule has 0 spiro atoms. The van der Waals surface area contributed by atoms with Crippen LogP contribution in [-0.4, -0.2) is 17.7 Å².